The Morgan fingerprint density at radius 2 is 1.51 bits per heavy atom. The number of rotatable bonds is 4. The number of pyridine rings is 1. The average molecular weight is 776 g/mol. The Kier molecular flexibility index (Phi) is 6.81. The van der Waals surface area contributed by atoms with Crippen LogP contribution >= 0.6 is 0 Å². The number of imidazole rings is 1. The molecule has 5 nitrogen and oxygen atoms in total. The predicted octanol–water partition coefficient (Wildman–Crippen LogP) is 9.73. The number of hydrogen-bond donors (Lipinski definition) is 0. The van der Waals surface area contributed by atoms with Gasteiger partial charge in [0, 0.05) is 73.2 Å². The fourth-order valence-corrected chi connectivity index (χ4v) is 5.94. The van der Waals surface area contributed by atoms with Crippen molar-refractivity contribution in [3.05, 3.63) is 121 Å². The maximum Gasteiger partial charge on any atom is 0.188 e. The molecule has 4 aromatic carbocycles. The molecule has 0 radical (unpaired) electrons. The van der Waals surface area contributed by atoms with E-state index in [4.69, 9.17) is 13.8 Å². The first kappa shape index (κ1) is 27.1. The van der Waals surface area contributed by atoms with Gasteiger partial charge in [-0.3, -0.25) is 0 Å². The molecule has 0 N–H and O–H groups in total. The molecule has 0 amide bonds. The van der Waals surface area contributed by atoms with Gasteiger partial charge in [-0.2, -0.15) is 6.07 Å². The number of aromatic nitrogens is 4. The third-order valence-corrected chi connectivity index (χ3v) is 8.17. The topological polar surface area (TPSA) is 36.9 Å². The van der Waals surface area contributed by atoms with Gasteiger partial charge in [0.2, 0.25) is 0 Å². The number of benzene rings is 4. The Balaban J connectivity index is 0.00000401. The summed E-state index contributed by atoms with van der Waals surface area (Å²) in [6.45, 7) is 10.9. The molecule has 0 fully saturated rings. The second-order valence-corrected chi connectivity index (χ2v) is 13.4. The van der Waals surface area contributed by atoms with Gasteiger partial charge in [-0.05, 0) is 52.1 Å². The zero-order valence-electron chi connectivity index (χ0n) is 29.3. The number of hydrogen-bond acceptors (Lipinski definition) is 2. The molecule has 0 aliphatic heterocycles. The molecule has 0 aliphatic rings. The van der Waals surface area contributed by atoms with Crippen LogP contribution in [0.3, 0.4) is 0 Å². The van der Waals surface area contributed by atoms with Gasteiger partial charge in [0.25, 0.3) is 0 Å². The van der Waals surface area contributed by atoms with Crippen LogP contribution in [-0.4, -0.2) is 18.7 Å². The van der Waals surface area contributed by atoms with Crippen molar-refractivity contribution >= 4 is 32.8 Å². The largest absolute Gasteiger partial charge is 0.508 e. The molecular weight excluding hydrogens is 736 g/mol. The van der Waals surface area contributed by atoms with Gasteiger partial charge < -0.3 is 9.30 Å². The molecule has 0 saturated heterocycles. The van der Waals surface area contributed by atoms with Crippen molar-refractivity contribution < 1.29 is 29.9 Å². The minimum Gasteiger partial charge on any atom is -0.508 e. The molecule has 6 heteroatoms. The zero-order valence-corrected chi connectivity index (χ0v) is 28.5. The van der Waals surface area contributed by atoms with Gasteiger partial charge in [-0.1, -0.05) is 76.7 Å². The molecule has 0 bridgehead atoms. The van der Waals surface area contributed by atoms with E-state index >= 15 is 0 Å². The number of para-hydroxylation sites is 3. The smallest absolute Gasteiger partial charge is 0.188 e. The molecule has 0 spiro atoms. The molecule has 3 heterocycles. The van der Waals surface area contributed by atoms with E-state index in [9.17, 15) is 0 Å². The first-order chi connectivity index (χ1) is 22.2. The molecule has 0 atom stereocenters. The zero-order chi connectivity index (χ0) is 33.3. The Morgan fingerprint density at radius 1 is 0.778 bits per heavy atom. The minimum absolute atomic E-state index is 0. The van der Waals surface area contributed by atoms with E-state index < -0.39 is 6.98 Å². The SMILES string of the molecule is [2H]C([2H])([2H])n1[cH+]n(-c2[c-]c(Oc3[c-]c4c(c(C(C)(C)C)c3)c3ccccc3n4-c3cc(C(C)(C)C)ccn3)ccc2)c2ccccc21.[Pt]. The van der Waals surface area contributed by atoms with Crippen molar-refractivity contribution in [2.24, 2.45) is 6.98 Å². The monoisotopic (exact) mass is 775 g/mol. The van der Waals surface area contributed by atoms with Crippen molar-refractivity contribution in [1.82, 2.24) is 18.7 Å². The van der Waals surface area contributed by atoms with E-state index in [1.165, 1.54) is 10.1 Å². The van der Waals surface area contributed by atoms with Crippen LogP contribution < -0.4 is 4.74 Å². The van der Waals surface area contributed by atoms with E-state index in [1.807, 2.05) is 53.2 Å². The van der Waals surface area contributed by atoms with Crippen molar-refractivity contribution in [1.29, 1.82) is 0 Å². The normalized spacial score (nSPS) is 13.4. The van der Waals surface area contributed by atoms with Gasteiger partial charge in [-0.25, -0.2) is 14.1 Å². The van der Waals surface area contributed by atoms with E-state index in [2.05, 4.69) is 101 Å². The Morgan fingerprint density at radius 3 is 2.24 bits per heavy atom. The van der Waals surface area contributed by atoms with Crippen molar-refractivity contribution in [2.75, 3.05) is 0 Å². The number of fused-ring (bicyclic) bond motifs is 4. The van der Waals surface area contributed by atoms with Crippen LogP contribution in [-0.2, 0) is 38.9 Å². The van der Waals surface area contributed by atoms with Gasteiger partial charge in [0.05, 0.1) is 0 Å². The summed E-state index contributed by atoms with van der Waals surface area (Å²) in [7, 11) is 0. The summed E-state index contributed by atoms with van der Waals surface area (Å²) in [4.78, 5) is 4.84. The van der Waals surface area contributed by atoms with Crippen molar-refractivity contribution in [3.8, 4) is 23.0 Å². The molecule has 0 aliphatic carbocycles. The summed E-state index contributed by atoms with van der Waals surface area (Å²) in [5, 5.41) is 2.25. The van der Waals surface area contributed by atoms with Gasteiger partial charge in [-0.15, -0.1) is 29.8 Å². The number of aryl methyl sites for hydroxylation is 1. The summed E-state index contributed by atoms with van der Waals surface area (Å²) in [6.07, 6.45) is 3.48. The first-order valence-corrected chi connectivity index (χ1v) is 14.9. The Labute approximate surface area is 283 Å². The third kappa shape index (κ3) is 5.48. The second-order valence-electron chi connectivity index (χ2n) is 13.4. The summed E-state index contributed by atoms with van der Waals surface area (Å²) < 4.78 is 36.0. The molecule has 7 rings (SSSR count). The maximum absolute atomic E-state index is 8.06. The van der Waals surface area contributed by atoms with Gasteiger partial charge in [0.15, 0.2) is 17.4 Å². The van der Waals surface area contributed by atoms with Crippen molar-refractivity contribution in [2.45, 2.75) is 52.4 Å². The average Bonchev–Trinajstić information content (AvgIpc) is 3.57. The van der Waals surface area contributed by atoms with E-state index in [-0.39, 0.29) is 31.9 Å². The van der Waals surface area contributed by atoms with Crippen LogP contribution in [0, 0.1) is 12.1 Å². The summed E-state index contributed by atoms with van der Waals surface area (Å²) in [5.74, 6) is 1.88. The predicted molar refractivity (Wildman–Crippen MR) is 180 cm³/mol. The van der Waals surface area contributed by atoms with Crippen LogP contribution in [0.5, 0.6) is 11.5 Å². The van der Waals surface area contributed by atoms with Crippen LogP contribution in [0.15, 0.2) is 97.5 Å². The van der Waals surface area contributed by atoms with Gasteiger partial charge >= 0.3 is 0 Å². The molecule has 3 aromatic heterocycles. The first-order valence-electron chi connectivity index (χ1n) is 16.4. The molecule has 0 unspecified atom stereocenters. The number of ether oxygens (including phenoxy) is 1. The van der Waals surface area contributed by atoms with E-state index in [1.54, 1.807) is 6.33 Å². The van der Waals surface area contributed by atoms with E-state index in [0.29, 0.717) is 22.7 Å². The number of nitrogens with zero attached hydrogens (tertiary/aromatic N) is 4. The molecule has 0 saturated carbocycles. The quantitative estimate of drug-likeness (QED) is 0.167. The minimum atomic E-state index is -2.33. The molecule has 230 valence electrons. The van der Waals surface area contributed by atoms with Crippen LogP contribution in [0.4, 0.5) is 0 Å². The summed E-state index contributed by atoms with van der Waals surface area (Å²) in [6, 6.07) is 34.8. The summed E-state index contributed by atoms with van der Waals surface area (Å²) >= 11 is 0. The van der Waals surface area contributed by atoms with Crippen LogP contribution in [0.1, 0.15) is 56.8 Å². The standard InChI is InChI=1S/C39H37N4O.Pt/c1-38(2,3)26-19-20-40-36(21-26)43-32-16-9-8-15-30(32)37-31(39(4,5)6)23-29(24-35(37)43)44-28-14-12-13-27(22-28)42-25-41(7)33-17-10-11-18-34(33)42;/h8-21,23,25H,1-7H3;/q-1;/i7D3;. The Bertz CT molecular complexity index is 2310. The molecule has 45 heavy (non-hydrogen) atoms. The van der Waals surface area contributed by atoms with Crippen molar-refractivity contribution in [3.63, 3.8) is 0 Å². The van der Waals surface area contributed by atoms with Crippen LogP contribution in [0.2, 0.25) is 0 Å². The fourth-order valence-electron chi connectivity index (χ4n) is 5.94. The summed E-state index contributed by atoms with van der Waals surface area (Å²) in [5.41, 5.74) is 6.05. The van der Waals surface area contributed by atoms with Gasteiger partial charge in [0.1, 0.15) is 5.82 Å². The molecular formula is C39H37N4OPt-. The fraction of sp³-hybridized carbons (Fsp3) is 0.231. The van der Waals surface area contributed by atoms with Crippen LogP contribution in [0.25, 0.3) is 44.3 Å². The third-order valence-electron chi connectivity index (χ3n) is 8.17. The second kappa shape index (κ2) is 11.3. The maximum atomic E-state index is 8.06. The Hall–Kier alpha value is -4.21. The van der Waals surface area contributed by atoms with E-state index in [0.717, 1.165) is 38.7 Å². The molecule has 7 aromatic rings.